The molecule has 1 aliphatic heterocycles. The van der Waals surface area contributed by atoms with E-state index in [4.69, 9.17) is 9.15 Å². The lowest BCUT2D eigenvalue weighted by Gasteiger charge is -2.39. The molecular formula is C23H32N2O4. The van der Waals surface area contributed by atoms with Gasteiger partial charge in [-0.1, -0.05) is 0 Å². The molecule has 1 fully saturated rings. The quantitative estimate of drug-likeness (QED) is 0.735. The number of aliphatic hydroxyl groups is 1. The molecule has 1 aromatic heterocycles. The van der Waals surface area contributed by atoms with Crippen LogP contribution in [0.1, 0.15) is 38.9 Å². The second kappa shape index (κ2) is 9.35. The van der Waals surface area contributed by atoms with Gasteiger partial charge in [-0.15, -0.1) is 0 Å². The SMILES string of the molecule is CC(C)Oc1ccc(N(C)CCC2(O)CCN(C(=O)Cc3ccco3)CC2)cc1. The van der Waals surface area contributed by atoms with Crippen LogP contribution in [0.15, 0.2) is 47.1 Å². The number of piperidine rings is 1. The Balaban J connectivity index is 1.45. The molecule has 0 bridgehead atoms. The number of hydrogen-bond donors (Lipinski definition) is 1. The summed E-state index contributed by atoms with van der Waals surface area (Å²) in [5.41, 5.74) is 0.368. The lowest BCUT2D eigenvalue weighted by Crippen LogP contribution is -2.48. The van der Waals surface area contributed by atoms with Gasteiger partial charge in [0.25, 0.3) is 0 Å². The molecule has 1 N–H and O–H groups in total. The maximum absolute atomic E-state index is 12.4. The minimum Gasteiger partial charge on any atom is -0.491 e. The largest absolute Gasteiger partial charge is 0.491 e. The number of amides is 1. The number of nitrogens with zero attached hydrogens (tertiary/aromatic N) is 2. The van der Waals surface area contributed by atoms with E-state index in [0.29, 0.717) is 38.1 Å². The molecule has 2 aromatic rings. The first-order chi connectivity index (χ1) is 13.8. The Bertz CT molecular complexity index is 763. The molecule has 1 aromatic carbocycles. The number of hydrogen-bond acceptors (Lipinski definition) is 5. The standard InChI is InChI=1S/C23H32N2O4/c1-18(2)29-20-8-6-19(7-9-20)24(3)13-10-23(27)11-14-25(15-12-23)22(26)17-21-5-4-16-28-21/h4-9,16,18,27H,10-15,17H2,1-3H3. The lowest BCUT2D eigenvalue weighted by atomic mass is 9.88. The molecule has 0 aliphatic carbocycles. The van der Waals surface area contributed by atoms with Gasteiger partial charge in [0.2, 0.25) is 5.91 Å². The molecule has 0 radical (unpaired) electrons. The topological polar surface area (TPSA) is 66.2 Å². The van der Waals surface area contributed by atoms with Gasteiger partial charge in [-0.3, -0.25) is 4.79 Å². The van der Waals surface area contributed by atoms with E-state index in [1.54, 1.807) is 12.3 Å². The van der Waals surface area contributed by atoms with Gasteiger partial charge in [-0.05, 0) is 69.5 Å². The zero-order valence-electron chi connectivity index (χ0n) is 17.6. The molecule has 2 heterocycles. The number of rotatable bonds is 8. The molecule has 1 aliphatic rings. The van der Waals surface area contributed by atoms with Crippen molar-refractivity contribution in [1.82, 2.24) is 4.90 Å². The van der Waals surface area contributed by atoms with Crippen molar-refractivity contribution in [3.05, 3.63) is 48.4 Å². The molecule has 1 saturated heterocycles. The van der Waals surface area contributed by atoms with Gasteiger partial charge >= 0.3 is 0 Å². The van der Waals surface area contributed by atoms with Crippen LogP contribution >= 0.6 is 0 Å². The van der Waals surface area contributed by atoms with E-state index in [1.807, 2.05) is 56.1 Å². The van der Waals surface area contributed by atoms with Gasteiger partial charge in [0.05, 0.1) is 24.4 Å². The van der Waals surface area contributed by atoms with Crippen LogP contribution in [0.5, 0.6) is 5.75 Å². The van der Waals surface area contributed by atoms with Crippen LogP contribution in [0.25, 0.3) is 0 Å². The van der Waals surface area contributed by atoms with Crippen LogP contribution in [0.3, 0.4) is 0 Å². The molecule has 1 amide bonds. The Kier molecular flexibility index (Phi) is 6.85. The third kappa shape index (κ3) is 6.00. The van der Waals surface area contributed by atoms with Crippen molar-refractivity contribution in [1.29, 1.82) is 0 Å². The van der Waals surface area contributed by atoms with Crippen molar-refractivity contribution in [2.45, 2.75) is 51.2 Å². The van der Waals surface area contributed by atoms with E-state index in [0.717, 1.165) is 18.0 Å². The number of ether oxygens (including phenoxy) is 1. The molecule has 6 heteroatoms. The summed E-state index contributed by atoms with van der Waals surface area (Å²) in [6.07, 6.45) is 3.90. The number of likely N-dealkylation sites (tertiary alicyclic amines) is 1. The normalized spacial score (nSPS) is 16.1. The number of carbonyl (C=O) groups is 1. The highest BCUT2D eigenvalue weighted by Crippen LogP contribution is 2.27. The van der Waals surface area contributed by atoms with Crippen molar-refractivity contribution < 1.29 is 19.1 Å². The van der Waals surface area contributed by atoms with Gasteiger partial charge in [0, 0.05) is 32.4 Å². The molecule has 158 valence electrons. The summed E-state index contributed by atoms with van der Waals surface area (Å²) in [4.78, 5) is 16.4. The molecule has 0 unspecified atom stereocenters. The summed E-state index contributed by atoms with van der Waals surface area (Å²) >= 11 is 0. The molecule has 3 rings (SSSR count). The Morgan fingerprint density at radius 2 is 1.93 bits per heavy atom. The van der Waals surface area contributed by atoms with Crippen molar-refractivity contribution in [3.63, 3.8) is 0 Å². The maximum Gasteiger partial charge on any atom is 0.230 e. The van der Waals surface area contributed by atoms with Crippen LogP contribution in [0.4, 0.5) is 5.69 Å². The van der Waals surface area contributed by atoms with Crippen molar-refractivity contribution in [2.24, 2.45) is 0 Å². The average Bonchev–Trinajstić information content (AvgIpc) is 3.20. The molecular weight excluding hydrogens is 368 g/mol. The van der Waals surface area contributed by atoms with Gasteiger partial charge in [0.15, 0.2) is 0 Å². The van der Waals surface area contributed by atoms with Crippen LogP contribution in [-0.4, -0.2) is 54.3 Å². The molecule has 0 atom stereocenters. The van der Waals surface area contributed by atoms with E-state index < -0.39 is 5.60 Å². The van der Waals surface area contributed by atoms with Crippen molar-refractivity contribution in [3.8, 4) is 5.75 Å². The highest BCUT2D eigenvalue weighted by Gasteiger charge is 2.34. The van der Waals surface area contributed by atoms with Crippen molar-refractivity contribution in [2.75, 3.05) is 31.6 Å². The Morgan fingerprint density at radius 3 is 2.52 bits per heavy atom. The first-order valence-electron chi connectivity index (χ1n) is 10.3. The molecule has 6 nitrogen and oxygen atoms in total. The van der Waals surface area contributed by atoms with Gasteiger partial charge in [-0.2, -0.15) is 0 Å². The van der Waals surface area contributed by atoms with Crippen molar-refractivity contribution >= 4 is 11.6 Å². The summed E-state index contributed by atoms with van der Waals surface area (Å²) in [5, 5.41) is 11.0. The highest BCUT2D eigenvalue weighted by molar-refractivity contribution is 5.78. The fraction of sp³-hybridized carbons (Fsp3) is 0.522. The average molecular weight is 401 g/mol. The second-order valence-corrected chi connectivity index (χ2v) is 8.19. The summed E-state index contributed by atoms with van der Waals surface area (Å²) in [5.74, 6) is 1.60. The Morgan fingerprint density at radius 1 is 1.24 bits per heavy atom. The molecule has 29 heavy (non-hydrogen) atoms. The number of anilines is 1. The minimum absolute atomic E-state index is 0.0582. The number of carbonyl (C=O) groups excluding carboxylic acids is 1. The summed E-state index contributed by atoms with van der Waals surface area (Å²) in [6.45, 7) is 5.94. The van der Waals surface area contributed by atoms with E-state index in [-0.39, 0.29) is 18.4 Å². The zero-order valence-corrected chi connectivity index (χ0v) is 17.6. The summed E-state index contributed by atoms with van der Waals surface area (Å²) in [7, 11) is 2.03. The first kappa shape index (κ1) is 21.2. The van der Waals surface area contributed by atoms with E-state index in [2.05, 4.69) is 4.90 Å². The predicted octanol–water partition coefficient (Wildman–Crippen LogP) is 3.49. The van der Waals surface area contributed by atoms with Gasteiger partial charge in [-0.25, -0.2) is 0 Å². The Hall–Kier alpha value is -2.47. The minimum atomic E-state index is -0.726. The van der Waals surface area contributed by atoms with Gasteiger partial charge in [0.1, 0.15) is 11.5 Å². The first-order valence-corrected chi connectivity index (χ1v) is 10.3. The predicted molar refractivity (Wildman–Crippen MR) is 113 cm³/mol. The van der Waals surface area contributed by atoms with E-state index in [9.17, 15) is 9.90 Å². The highest BCUT2D eigenvalue weighted by atomic mass is 16.5. The molecule has 0 saturated carbocycles. The number of furan rings is 1. The van der Waals surface area contributed by atoms with Crippen LogP contribution < -0.4 is 9.64 Å². The summed E-state index contributed by atoms with van der Waals surface area (Å²) < 4.78 is 10.9. The fourth-order valence-corrected chi connectivity index (χ4v) is 3.65. The smallest absolute Gasteiger partial charge is 0.230 e. The third-order valence-corrected chi connectivity index (χ3v) is 5.51. The van der Waals surface area contributed by atoms with Gasteiger partial charge < -0.3 is 24.1 Å². The lowest BCUT2D eigenvalue weighted by molar-refractivity contribution is -0.135. The monoisotopic (exact) mass is 400 g/mol. The number of benzene rings is 1. The third-order valence-electron chi connectivity index (χ3n) is 5.51. The summed E-state index contributed by atoms with van der Waals surface area (Å²) in [6, 6.07) is 11.6. The zero-order chi connectivity index (χ0) is 20.9. The Labute approximate surface area is 173 Å². The molecule has 0 spiro atoms. The van der Waals surface area contributed by atoms with Crippen LogP contribution in [0.2, 0.25) is 0 Å². The fourth-order valence-electron chi connectivity index (χ4n) is 3.65. The van der Waals surface area contributed by atoms with E-state index in [1.165, 1.54) is 0 Å². The maximum atomic E-state index is 12.4. The van der Waals surface area contributed by atoms with E-state index >= 15 is 0 Å². The second-order valence-electron chi connectivity index (χ2n) is 8.19. The van der Waals surface area contributed by atoms with Crippen LogP contribution in [-0.2, 0) is 11.2 Å². The van der Waals surface area contributed by atoms with Crippen LogP contribution in [0, 0.1) is 0 Å².